The second kappa shape index (κ2) is 7.27. The molecule has 0 aliphatic carbocycles. The standard InChI is InChI=1S/C19H30N4O3/c1-19(2)12-20-16(19)18(24)23-7-3-13(4-8-23)11-15-21-17(22-26-15)14-5-9-25-10-6-14/h13-14,16,20H,3-12H2,1-2H3. The summed E-state index contributed by atoms with van der Waals surface area (Å²) in [4.78, 5) is 19.3. The fourth-order valence-electron chi connectivity index (χ4n) is 4.29. The Morgan fingerprint density at radius 1 is 1.23 bits per heavy atom. The first-order valence-electron chi connectivity index (χ1n) is 9.95. The van der Waals surface area contributed by atoms with E-state index in [-0.39, 0.29) is 17.4 Å². The van der Waals surface area contributed by atoms with Crippen molar-refractivity contribution in [3.8, 4) is 0 Å². The molecule has 1 N–H and O–H groups in total. The van der Waals surface area contributed by atoms with E-state index in [1.807, 2.05) is 4.90 Å². The van der Waals surface area contributed by atoms with Gasteiger partial charge in [-0.3, -0.25) is 4.79 Å². The predicted octanol–water partition coefficient (Wildman–Crippen LogP) is 1.74. The lowest BCUT2D eigenvalue weighted by Crippen LogP contribution is -2.66. The van der Waals surface area contributed by atoms with Crippen LogP contribution in [0, 0.1) is 11.3 Å². The van der Waals surface area contributed by atoms with Crippen molar-refractivity contribution in [3.63, 3.8) is 0 Å². The topological polar surface area (TPSA) is 80.5 Å². The van der Waals surface area contributed by atoms with E-state index >= 15 is 0 Å². The van der Waals surface area contributed by atoms with Crippen LogP contribution in [0.5, 0.6) is 0 Å². The minimum Gasteiger partial charge on any atom is -0.381 e. The van der Waals surface area contributed by atoms with E-state index in [0.717, 1.165) is 76.7 Å². The summed E-state index contributed by atoms with van der Waals surface area (Å²) in [6, 6.07) is -0.0166. The molecule has 0 radical (unpaired) electrons. The average molecular weight is 362 g/mol. The van der Waals surface area contributed by atoms with Gasteiger partial charge in [0, 0.05) is 50.6 Å². The highest BCUT2D eigenvalue weighted by Crippen LogP contribution is 2.31. The normalized spacial score (nSPS) is 27.3. The van der Waals surface area contributed by atoms with Gasteiger partial charge in [-0.1, -0.05) is 19.0 Å². The SMILES string of the molecule is CC1(C)CNC1C(=O)N1CCC(Cc2nc(C3CCOCC3)no2)CC1. The lowest BCUT2D eigenvalue weighted by molar-refractivity contribution is -0.141. The molecule has 3 fully saturated rings. The van der Waals surface area contributed by atoms with Gasteiger partial charge >= 0.3 is 0 Å². The second-order valence-corrected chi connectivity index (χ2v) is 8.71. The van der Waals surface area contributed by atoms with Crippen LogP contribution >= 0.6 is 0 Å². The molecule has 144 valence electrons. The van der Waals surface area contributed by atoms with Crippen molar-refractivity contribution in [2.24, 2.45) is 11.3 Å². The molecule has 1 unspecified atom stereocenters. The smallest absolute Gasteiger partial charge is 0.240 e. The summed E-state index contributed by atoms with van der Waals surface area (Å²) >= 11 is 0. The molecular formula is C19H30N4O3. The van der Waals surface area contributed by atoms with Gasteiger partial charge in [-0.25, -0.2) is 0 Å². The number of nitrogens with zero attached hydrogens (tertiary/aromatic N) is 3. The monoisotopic (exact) mass is 362 g/mol. The number of piperidine rings is 1. The molecule has 7 heteroatoms. The summed E-state index contributed by atoms with van der Waals surface area (Å²) in [5.41, 5.74) is 0.0816. The van der Waals surface area contributed by atoms with Crippen molar-refractivity contribution >= 4 is 5.91 Å². The van der Waals surface area contributed by atoms with Crippen LogP contribution in [0.1, 0.15) is 57.2 Å². The van der Waals surface area contributed by atoms with Gasteiger partial charge in [0.2, 0.25) is 11.8 Å². The summed E-state index contributed by atoms with van der Waals surface area (Å²) in [5, 5.41) is 7.48. The van der Waals surface area contributed by atoms with Crippen molar-refractivity contribution in [3.05, 3.63) is 11.7 Å². The third-order valence-corrected chi connectivity index (χ3v) is 6.25. The molecule has 1 amide bonds. The number of aromatic nitrogens is 2. The number of hydrogen-bond donors (Lipinski definition) is 1. The Bertz CT molecular complexity index is 630. The fourth-order valence-corrected chi connectivity index (χ4v) is 4.29. The average Bonchev–Trinajstić information content (AvgIpc) is 3.11. The molecule has 26 heavy (non-hydrogen) atoms. The van der Waals surface area contributed by atoms with Crippen LogP contribution in [0.3, 0.4) is 0 Å². The van der Waals surface area contributed by atoms with Crippen molar-refractivity contribution < 1.29 is 14.1 Å². The lowest BCUT2D eigenvalue weighted by Gasteiger charge is -2.47. The number of carbonyl (C=O) groups is 1. The molecule has 3 aliphatic heterocycles. The molecule has 0 bridgehead atoms. The van der Waals surface area contributed by atoms with Crippen LogP contribution in [0.25, 0.3) is 0 Å². The Morgan fingerprint density at radius 2 is 1.96 bits per heavy atom. The number of ether oxygens (including phenoxy) is 1. The Balaban J connectivity index is 1.26. The maximum absolute atomic E-state index is 12.7. The van der Waals surface area contributed by atoms with Crippen LogP contribution in [0.15, 0.2) is 4.52 Å². The van der Waals surface area contributed by atoms with Crippen LogP contribution in [-0.4, -0.2) is 59.8 Å². The van der Waals surface area contributed by atoms with E-state index < -0.39 is 0 Å². The Kier molecular flexibility index (Phi) is 5.01. The van der Waals surface area contributed by atoms with E-state index in [0.29, 0.717) is 11.8 Å². The Hall–Kier alpha value is -1.47. The van der Waals surface area contributed by atoms with Gasteiger partial charge in [0.1, 0.15) is 0 Å². The van der Waals surface area contributed by atoms with Gasteiger partial charge in [0.25, 0.3) is 0 Å². The van der Waals surface area contributed by atoms with Crippen LogP contribution in [0.4, 0.5) is 0 Å². The van der Waals surface area contributed by atoms with Crippen molar-refractivity contribution in [1.82, 2.24) is 20.4 Å². The Labute approximate surface area is 154 Å². The number of likely N-dealkylation sites (tertiary alicyclic amines) is 1. The third kappa shape index (κ3) is 3.64. The van der Waals surface area contributed by atoms with Crippen molar-refractivity contribution in [2.75, 3.05) is 32.8 Å². The van der Waals surface area contributed by atoms with E-state index in [1.54, 1.807) is 0 Å². The number of nitrogens with one attached hydrogen (secondary N) is 1. The zero-order chi connectivity index (χ0) is 18.1. The Morgan fingerprint density at radius 3 is 2.58 bits per heavy atom. The molecule has 0 spiro atoms. The van der Waals surface area contributed by atoms with Gasteiger partial charge in [-0.2, -0.15) is 4.98 Å². The molecule has 0 aromatic carbocycles. The molecule has 3 saturated heterocycles. The minimum absolute atomic E-state index is 0.0166. The molecule has 1 aromatic rings. The van der Waals surface area contributed by atoms with Gasteiger partial charge in [-0.05, 0) is 31.6 Å². The molecule has 7 nitrogen and oxygen atoms in total. The molecule has 4 rings (SSSR count). The summed E-state index contributed by atoms with van der Waals surface area (Å²) in [5.74, 6) is 2.75. The molecular weight excluding hydrogens is 332 g/mol. The lowest BCUT2D eigenvalue weighted by atomic mass is 9.76. The van der Waals surface area contributed by atoms with Crippen LogP contribution < -0.4 is 5.32 Å². The van der Waals surface area contributed by atoms with Crippen LogP contribution in [0.2, 0.25) is 0 Å². The highest BCUT2D eigenvalue weighted by molar-refractivity contribution is 5.84. The van der Waals surface area contributed by atoms with Crippen molar-refractivity contribution in [2.45, 2.75) is 57.9 Å². The zero-order valence-electron chi connectivity index (χ0n) is 15.9. The number of rotatable bonds is 4. The number of amides is 1. The van der Waals surface area contributed by atoms with E-state index in [2.05, 4.69) is 29.3 Å². The van der Waals surface area contributed by atoms with E-state index in [4.69, 9.17) is 9.26 Å². The van der Waals surface area contributed by atoms with Crippen LogP contribution in [-0.2, 0) is 16.0 Å². The molecule has 4 heterocycles. The number of carbonyl (C=O) groups excluding carboxylic acids is 1. The quantitative estimate of drug-likeness (QED) is 0.879. The zero-order valence-corrected chi connectivity index (χ0v) is 15.9. The number of hydrogen-bond acceptors (Lipinski definition) is 6. The fraction of sp³-hybridized carbons (Fsp3) is 0.842. The minimum atomic E-state index is -0.0166. The van der Waals surface area contributed by atoms with Crippen molar-refractivity contribution in [1.29, 1.82) is 0 Å². The second-order valence-electron chi connectivity index (χ2n) is 8.71. The maximum atomic E-state index is 12.7. The highest BCUT2D eigenvalue weighted by Gasteiger charge is 2.45. The van der Waals surface area contributed by atoms with Gasteiger partial charge in [0.05, 0.1) is 6.04 Å². The maximum Gasteiger partial charge on any atom is 0.240 e. The third-order valence-electron chi connectivity index (χ3n) is 6.25. The highest BCUT2D eigenvalue weighted by atomic mass is 16.5. The first kappa shape index (κ1) is 17.9. The first-order valence-corrected chi connectivity index (χ1v) is 9.95. The van der Waals surface area contributed by atoms with E-state index in [1.165, 1.54) is 0 Å². The summed E-state index contributed by atoms with van der Waals surface area (Å²) < 4.78 is 10.9. The largest absolute Gasteiger partial charge is 0.381 e. The predicted molar refractivity (Wildman–Crippen MR) is 95.7 cm³/mol. The molecule has 1 aromatic heterocycles. The van der Waals surface area contributed by atoms with Gasteiger partial charge in [-0.15, -0.1) is 0 Å². The molecule has 3 aliphatic rings. The first-order chi connectivity index (χ1) is 12.5. The van der Waals surface area contributed by atoms with Gasteiger partial charge in [0.15, 0.2) is 5.82 Å². The van der Waals surface area contributed by atoms with Gasteiger partial charge < -0.3 is 19.5 Å². The summed E-state index contributed by atoms with van der Waals surface area (Å²) in [7, 11) is 0. The van der Waals surface area contributed by atoms with E-state index in [9.17, 15) is 4.79 Å². The summed E-state index contributed by atoms with van der Waals surface area (Å²) in [6.45, 7) is 8.47. The summed E-state index contributed by atoms with van der Waals surface area (Å²) in [6.07, 6.45) is 4.79. The molecule has 0 saturated carbocycles. The molecule has 1 atom stereocenters.